The fraction of sp³-hybridized carbons (Fsp3) is 0.941. The van der Waals surface area contributed by atoms with Crippen molar-refractivity contribution < 1.29 is 20.1 Å². The lowest BCUT2D eigenvalue weighted by atomic mass is 10.0. The van der Waals surface area contributed by atoms with Crippen molar-refractivity contribution in [3.05, 3.63) is 0 Å². The molecule has 0 spiro atoms. The lowest BCUT2D eigenvalue weighted by Gasteiger charge is -2.28. The Morgan fingerprint density at radius 1 is 0.783 bits per heavy atom. The zero-order valence-electron chi connectivity index (χ0n) is 14.6. The van der Waals surface area contributed by atoms with Crippen LogP contribution in [0.4, 0.5) is 4.79 Å². The Balaban J connectivity index is 3.49. The van der Waals surface area contributed by atoms with E-state index in [1.165, 1.54) is 51.4 Å². The second kappa shape index (κ2) is 14.7. The Morgan fingerprint density at radius 3 is 1.65 bits per heavy atom. The Bertz CT molecular complexity index is 276. The second-order valence-corrected chi connectivity index (χ2v) is 6.32. The summed E-state index contributed by atoms with van der Waals surface area (Å²) < 4.78 is 0. The molecule has 0 rings (SSSR count). The number of carbonyl (C=O) groups excluding carboxylic acids is 1. The summed E-state index contributed by atoms with van der Waals surface area (Å²) in [4.78, 5) is 11.6. The van der Waals surface area contributed by atoms with Crippen molar-refractivity contribution >= 4 is 6.03 Å². The maximum atomic E-state index is 11.6. The number of hydrogen-bond donors (Lipinski definition) is 5. The predicted molar refractivity (Wildman–Crippen MR) is 92.4 cm³/mol. The third-order valence-electron chi connectivity index (χ3n) is 4.10. The molecule has 0 saturated heterocycles. The van der Waals surface area contributed by atoms with Gasteiger partial charge >= 0.3 is 6.03 Å². The number of nitrogens with one attached hydrogen (secondary N) is 2. The first-order valence-electron chi connectivity index (χ1n) is 9.02. The van der Waals surface area contributed by atoms with Crippen LogP contribution in [0, 0.1) is 0 Å². The van der Waals surface area contributed by atoms with Gasteiger partial charge in [0.15, 0.2) is 0 Å². The van der Waals surface area contributed by atoms with E-state index >= 15 is 0 Å². The highest BCUT2D eigenvalue weighted by molar-refractivity contribution is 5.74. The Labute approximate surface area is 140 Å². The second-order valence-electron chi connectivity index (χ2n) is 6.32. The quantitative estimate of drug-likeness (QED) is 0.296. The number of unbranched alkanes of at least 4 members (excludes halogenated alkanes) is 9. The molecule has 0 heterocycles. The van der Waals surface area contributed by atoms with E-state index in [0.29, 0.717) is 6.54 Å². The molecule has 5 N–H and O–H groups in total. The predicted octanol–water partition coefficient (Wildman–Crippen LogP) is 1.92. The number of amides is 2. The minimum absolute atomic E-state index is 0.474. The number of carbonyl (C=O) groups is 1. The molecular formula is C17H36N2O4. The minimum atomic E-state index is -1.36. The van der Waals surface area contributed by atoms with E-state index in [-0.39, 0.29) is 0 Å². The zero-order chi connectivity index (χ0) is 17.4. The van der Waals surface area contributed by atoms with Crippen molar-refractivity contribution in [3.8, 4) is 0 Å². The van der Waals surface area contributed by atoms with Gasteiger partial charge in [-0.1, -0.05) is 64.7 Å². The fourth-order valence-electron chi connectivity index (χ4n) is 2.37. The number of hydrogen-bond acceptors (Lipinski definition) is 4. The molecule has 0 aromatic rings. The molecule has 0 aromatic carbocycles. The van der Waals surface area contributed by atoms with E-state index in [0.717, 1.165) is 12.8 Å². The molecule has 0 radical (unpaired) electrons. The lowest BCUT2D eigenvalue weighted by Crippen LogP contribution is -2.59. The van der Waals surface area contributed by atoms with Gasteiger partial charge in [0.1, 0.15) is 5.54 Å². The summed E-state index contributed by atoms with van der Waals surface area (Å²) in [5.74, 6) is 0. The van der Waals surface area contributed by atoms with Crippen molar-refractivity contribution in [3.63, 3.8) is 0 Å². The number of aliphatic hydroxyl groups excluding tert-OH is 3. The van der Waals surface area contributed by atoms with Gasteiger partial charge in [0.05, 0.1) is 19.8 Å². The van der Waals surface area contributed by atoms with E-state index < -0.39 is 31.4 Å². The molecule has 0 aliphatic heterocycles. The molecule has 23 heavy (non-hydrogen) atoms. The van der Waals surface area contributed by atoms with Gasteiger partial charge in [-0.3, -0.25) is 0 Å². The van der Waals surface area contributed by atoms with Crippen LogP contribution in [0.1, 0.15) is 71.1 Å². The molecule has 0 atom stereocenters. The van der Waals surface area contributed by atoms with Crippen molar-refractivity contribution in [1.29, 1.82) is 0 Å². The summed E-state index contributed by atoms with van der Waals surface area (Å²) >= 11 is 0. The first-order valence-corrected chi connectivity index (χ1v) is 9.02. The Hall–Kier alpha value is -0.850. The van der Waals surface area contributed by atoms with Gasteiger partial charge in [0.2, 0.25) is 0 Å². The van der Waals surface area contributed by atoms with Crippen molar-refractivity contribution in [1.82, 2.24) is 10.6 Å². The van der Waals surface area contributed by atoms with Crippen molar-refractivity contribution in [2.45, 2.75) is 76.7 Å². The van der Waals surface area contributed by atoms with Crippen LogP contribution in [0.25, 0.3) is 0 Å². The van der Waals surface area contributed by atoms with Crippen molar-refractivity contribution in [2.24, 2.45) is 0 Å². The molecule has 0 aromatic heterocycles. The summed E-state index contributed by atoms with van der Waals surface area (Å²) in [6.45, 7) is 1.26. The average Bonchev–Trinajstić information content (AvgIpc) is 2.57. The zero-order valence-corrected chi connectivity index (χ0v) is 14.6. The summed E-state index contributed by atoms with van der Waals surface area (Å²) in [5, 5.41) is 32.5. The highest BCUT2D eigenvalue weighted by atomic mass is 16.3. The van der Waals surface area contributed by atoms with Crippen LogP contribution in [-0.2, 0) is 0 Å². The monoisotopic (exact) mass is 332 g/mol. The van der Waals surface area contributed by atoms with Crippen LogP contribution < -0.4 is 10.6 Å². The number of aliphatic hydroxyl groups is 3. The van der Waals surface area contributed by atoms with Gasteiger partial charge in [-0.2, -0.15) is 0 Å². The largest absolute Gasteiger partial charge is 0.394 e. The van der Waals surface area contributed by atoms with Crippen LogP contribution in [0.5, 0.6) is 0 Å². The number of rotatable bonds is 15. The van der Waals surface area contributed by atoms with Crippen LogP contribution in [0.3, 0.4) is 0 Å². The number of urea groups is 1. The van der Waals surface area contributed by atoms with Crippen LogP contribution in [0.2, 0.25) is 0 Å². The molecular weight excluding hydrogens is 296 g/mol. The summed E-state index contributed by atoms with van der Waals surface area (Å²) in [6.07, 6.45) is 12.4. The molecule has 2 amide bonds. The third-order valence-corrected chi connectivity index (χ3v) is 4.10. The van der Waals surface area contributed by atoms with Gasteiger partial charge < -0.3 is 26.0 Å². The lowest BCUT2D eigenvalue weighted by molar-refractivity contribution is 0.0493. The van der Waals surface area contributed by atoms with Crippen LogP contribution >= 0.6 is 0 Å². The van der Waals surface area contributed by atoms with Gasteiger partial charge in [-0.05, 0) is 6.42 Å². The van der Waals surface area contributed by atoms with Crippen LogP contribution in [-0.4, -0.2) is 53.3 Å². The summed E-state index contributed by atoms with van der Waals surface area (Å²) in [6, 6.07) is -0.474. The van der Waals surface area contributed by atoms with E-state index in [2.05, 4.69) is 17.6 Å². The summed E-state index contributed by atoms with van der Waals surface area (Å²) in [7, 11) is 0. The topological polar surface area (TPSA) is 102 Å². The van der Waals surface area contributed by atoms with Gasteiger partial charge in [0, 0.05) is 6.54 Å². The van der Waals surface area contributed by atoms with Gasteiger partial charge in [-0.15, -0.1) is 0 Å². The van der Waals surface area contributed by atoms with E-state index in [1.54, 1.807) is 0 Å². The molecule has 0 aliphatic carbocycles. The van der Waals surface area contributed by atoms with E-state index in [9.17, 15) is 4.79 Å². The first-order chi connectivity index (χ1) is 11.1. The average molecular weight is 332 g/mol. The molecule has 0 fully saturated rings. The molecule has 6 nitrogen and oxygen atoms in total. The molecule has 0 unspecified atom stereocenters. The maximum Gasteiger partial charge on any atom is 0.315 e. The van der Waals surface area contributed by atoms with E-state index in [4.69, 9.17) is 15.3 Å². The SMILES string of the molecule is CCCCCCCCCCCCNC(=O)NC(CO)(CO)CO. The highest BCUT2D eigenvalue weighted by Gasteiger charge is 2.29. The smallest absolute Gasteiger partial charge is 0.315 e. The Morgan fingerprint density at radius 2 is 1.22 bits per heavy atom. The van der Waals surface area contributed by atoms with Crippen LogP contribution in [0.15, 0.2) is 0 Å². The molecule has 6 heteroatoms. The molecule has 138 valence electrons. The van der Waals surface area contributed by atoms with E-state index in [1.807, 2.05) is 0 Å². The minimum Gasteiger partial charge on any atom is -0.394 e. The standard InChI is InChI=1S/C17H36N2O4/c1-2-3-4-5-6-7-8-9-10-11-12-18-16(23)19-17(13-20,14-21)15-22/h20-22H,2-15H2,1H3,(H2,18,19,23). The molecule has 0 bridgehead atoms. The fourth-order valence-corrected chi connectivity index (χ4v) is 2.37. The maximum absolute atomic E-state index is 11.6. The summed E-state index contributed by atoms with van der Waals surface area (Å²) in [5.41, 5.74) is -1.36. The first kappa shape index (κ1) is 22.1. The van der Waals surface area contributed by atoms with Gasteiger partial charge in [-0.25, -0.2) is 4.79 Å². The molecule has 0 saturated carbocycles. The van der Waals surface area contributed by atoms with Crippen molar-refractivity contribution in [2.75, 3.05) is 26.4 Å². The molecule has 0 aliphatic rings. The Kier molecular flexibility index (Phi) is 14.2. The third kappa shape index (κ3) is 11.3. The van der Waals surface area contributed by atoms with Gasteiger partial charge in [0.25, 0.3) is 0 Å². The highest BCUT2D eigenvalue weighted by Crippen LogP contribution is 2.10. The normalized spacial score (nSPS) is 11.5.